The minimum atomic E-state index is -0.550. The molecule has 80 valence electrons. The van der Waals surface area contributed by atoms with E-state index in [2.05, 4.69) is 17.6 Å². The Morgan fingerprint density at radius 3 is 2.93 bits per heavy atom. The van der Waals surface area contributed by atoms with Crippen LogP contribution in [0.2, 0.25) is 0 Å². The second-order valence-electron chi connectivity index (χ2n) is 2.81. The maximum Gasteiger partial charge on any atom is 0.286 e. The minimum Gasteiger partial charge on any atom is -0.322 e. The van der Waals surface area contributed by atoms with Gasteiger partial charge in [-0.2, -0.15) is 12.6 Å². The fraction of sp³-hybridized carbons (Fsp3) is 0.222. The first kappa shape index (κ1) is 11.5. The van der Waals surface area contributed by atoms with E-state index >= 15 is 0 Å². The molecule has 6 heteroatoms. The Hall–Kier alpha value is -1.56. The van der Waals surface area contributed by atoms with Crippen LogP contribution < -0.4 is 5.56 Å². The van der Waals surface area contributed by atoms with Gasteiger partial charge in [0.25, 0.3) is 11.2 Å². The van der Waals surface area contributed by atoms with Gasteiger partial charge in [0.2, 0.25) is 0 Å². The molecule has 0 aliphatic rings. The molecule has 1 N–H and O–H groups in total. The molecule has 1 aromatic heterocycles. The molecule has 0 aliphatic carbocycles. The van der Waals surface area contributed by atoms with E-state index in [1.807, 2.05) is 0 Å². The van der Waals surface area contributed by atoms with Crippen LogP contribution in [-0.2, 0) is 0 Å². The second kappa shape index (κ2) is 5.35. The molecule has 0 atom stereocenters. The van der Waals surface area contributed by atoms with Crippen LogP contribution in [0.25, 0.3) is 6.08 Å². The molecular formula is C9H10N2O3S. The number of hydrogen-bond donors (Lipinski definition) is 2. The third-order valence-electron chi connectivity index (χ3n) is 1.72. The molecular weight excluding hydrogens is 216 g/mol. The number of hydrogen-bond acceptors (Lipinski definition) is 4. The van der Waals surface area contributed by atoms with E-state index in [1.54, 1.807) is 12.2 Å². The SMILES string of the molecule is O=c1[nH]cc([N+](=O)[O-])cc1C=CCCS. The molecule has 0 aromatic carbocycles. The average molecular weight is 226 g/mol. The van der Waals surface area contributed by atoms with E-state index in [0.29, 0.717) is 12.2 Å². The first-order chi connectivity index (χ1) is 7.15. The van der Waals surface area contributed by atoms with E-state index in [1.165, 1.54) is 6.07 Å². The van der Waals surface area contributed by atoms with Crippen LogP contribution in [0.4, 0.5) is 5.69 Å². The Morgan fingerprint density at radius 1 is 1.60 bits per heavy atom. The molecule has 1 heterocycles. The maximum atomic E-state index is 11.2. The van der Waals surface area contributed by atoms with E-state index in [4.69, 9.17) is 0 Å². The highest BCUT2D eigenvalue weighted by Gasteiger charge is 2.07. The predicted molar refractivity (Wildman–Crippen MR) is 61.2 cm³/mol. The third kappa shape index (κ3) is 3.25. The number of nitrogens with one attached hydrogen (secondary N) is 1. The monoisotopic (exact) mass is 226 g/mol. The lowest BCUT2D eigenvalue weighted by Crippen LogP contribution is -2.09. The van der Waals surface area contributed by atoms with Crippen molar-refractivity contribution >= 4 is 24.4 Å². The highest BCUT2D eigenvalue weighted by molar-refractivity contribution is 7.80. The molecule has 15 heavy (non-hydrogen) atoms. The van der Waals surface area contributed by atoms with E-state index < -0.39 is 4.92 Å². The van der Waals surface area contributed by atoms with Gasteiger partial charge in [-0.05, 0) is 12.2 Å². The summed E-state index contributed by atoms with van der Waals surface area (Å²) in [5.41, 5.74) is -0.179. The van der Waals surface area contributed by atoms with Gasteiger partial charge in [0.1, 0.15) is 0 Å². The van der Waals surface area contributed by atoms with Gasteiger partial charge in [0, 0.05) is 11.6 Å². The summed E-state index contributed by atoms with van der Waals surface area (Å²) in [4.78, 5) is 23.4. The molecule has 0 saturated carbocycles. The van der Waals surface area contributed by atoms with Crippen LogP contribution in [0.15, 0.2) is 23.1 Å². The summed E-state index contributed by atoms with van der Waals surface area (Å²) in [6.45, 7) is 0. The molecule has 5 nitrogen and oxygen atoms in total. The molecule has 0 spiro atoms. The fourth-order valence-electron chi connectivity index (χ4n) is 1.00. The summed E-state index contributed by atoms with van der Waals surface area (Å²) < 4.78 is 0. The predicted octanol–water partition coefficient (Wildman–Crippen LogP) is 1.62. The minimum absolute atomic E-state index is 0.125. The van der Waals surface area contributed by atoms with Gasteiger partial charge in [-0.15, -0.1) is 0 Å². The number of aromatic amines is 1. The van der Waals surface area contributed by atoms with Crippen molar-refractivity contribution in [1.29, 1.82) is 0 Å². The first-order valence-electron chi connectivity index (χ1n) is 4.29. The highest BCUT2D eigenvalue weighted by atomic mass is 32.1. The molecule has 0 bridgehead atoms. The van der Waals surface area contributed by atoms with Gasteiger partial charge in [0.05, 0.1) is 11.1 Å². The normalized spacial score (nSPS) is 10.7. The van der Waals surface area contributed by atoms with Crippen LogP contribution in [0.1, 0.15) is 12.0 Å². The summed E-state index contributed by atoms with van der Waals surface area (Å²) >= 11 is 4.00. The van der Waals surface area contributed by atoms with Crippen LogP contribution >= 0.6 is 12.6 Å². The number of rotatable bonds is 4. The molecule has 0 amide bonds. The quantitative estimate of drug-likeness (QED) is 0.465. The Balaban J connectivity index is 3.00. The van der Waals surface area contributed by atoms with Crippen molar-refractivity contribution in [3.8, 4) is 0 Å². The second-order valence-corrected chi connectivity index (χ2v) is 3.26. The van der Waals surface area contributed by atoms with E-state index in [9.17, 15) is 14.9 Å². The molecule has 0 aliphatic heterocycles. The summed E-state index contributed by atoms with van der Waals surface area (Å²) in [5, 5.41) is 10.4. The largest absolute Gasteiger partial charge is 0.322 e. The maximum absolute atomic E-state index is 11.2. The number of H-pyrrole nitrogens is 1. The van der Waals surface area contributed by atoms with Crippen molar-refractivity contribution in [2.24, 2.45) is 0 Å². The number of nitro groups is 1. The Kier molecular flexibility index (Phi) is 4.11. The molecule has 0 saturated heterocycles. The molecule has 1 aromatic rings. The van der Waals surface area contributed by atoms with Crippen LogP contribution in [0, 0.1) is 10.1 Å². The van der Waals surface area contributed by atoms with Crippen LogP contribution in [-0.4, -0.2) is 15.7 Å². The number of nitrogens with zero attached hydrogens (tertiary/aromatic N) is 1. The van der Waals surface area contributed by atoms with Crippen LogP contribution in [0.5, 0.6) is 0 Å². The molecule has 0 radical (unpaired) electrons. The molecule has 0 fully saturated rings. The highest BCUT2D eigenvalue weighted by Crippen LogP contribution is 2.09. The van der Waals surface area contributed by atoms with Crippen molar-refractivity contribution in [3.05, 3.63) is 44.4 Å². The van der Waals surface area contributed by atoms with Crippen molar-refractivity contribution < 1.29 is 4.92 Å². The van der Waals surface area contributed by atoms with Crippen molar-refractivity contribution in [2.75, 3.05) is 5.75 Å². The smallest absolute Gasteiger partial charge is 0.286 e. The first-order valence-corrected chi connectivity index (χ1v) is 4.93. The lowest BCUT2D eigenvalue weighted by Gasteiger charge is -1.93. The number of pyridine rings is 1. The molecule has 0 unspecified atom stereocenters. The lowest BCUT2D eigenvalue weighted by molar-refractivity contribution is -0.385. The van der Waals surface area contributed by atoms with Gasteiger partial charge in [0.15, 0.2) is 0 Å². The number of thiol groups is 1. The third-order valence-corrected chi connectivity index (χ3v) is 1.98. The Bertz CT molecular complexity index is 439. The van der Waals surface area contributed by atoms with Gasteiger partial charge in [-0.3, -0.25) is 14.9 Å². The van der Waals surface area contributed by atoms with Crippen molar-refractivity contribution in [1.82, 2.24) is 4.98 Å². The van der Waals surface area contributed by atoms with Gasteiger partial charge in [-0.25, -0.2) is 0 Å². The molecule has 1 rings (SSSR count). The lowest BCUT2D eigenvalue weighted by atomic mass is 10.2. The van der Waals surface area contributed by atoms with Crippen molar-refractivity contribution in [3.63, 3.8) is 0 Å². The van der Waals surface area contributed by atoms with E-state index in [-0.39, 0.29) is 16.8 Å². The zero-order chi connectivity index (χ0) is 11.3. The van der Waals surface area contributed by atoms with E-state index in [0.717, 1.165) is 6.20 Å². The average Bonchev–Trinajstić information content (AvgIpc) is 2.20. The number of aromatic nitrogens is 1. The summed E-state index contributed by atoms with van der Waals surface area (Å²) in [6, 6.07) is 1.24. The number of allylic oxidation sites excluding steroid dienone is 1. The van der Waals surface area contributed by atoms with Crippen molar-refractivity contribution in [2.45, 2.75) is 6.42 Å². The zero-order valence-corrected chi connectivity index (χ0v) is 8.74. The van der Waals surface area contributed by atoms with Gasteiger partial charge >= 0.3 is 0 Å². The Labute approximate surface area is 91.4 Å². The summed E-state index contributed by atoms with van der Waals surface area (Å²) in [6.07, 6.45) is 5.10. The summed E-state index contributed by atoms with van der Waals surface area (Å²) in [7, 11) is 0. The summed E-state index contributed by atoms with van der Waals surface area (Å²) in [5.74, 6) is 0.670. The van der Waals surface area contributed by atoms with Gasteiger partial charge in [-0.1, -0.05) is 12.2 Å². The van der Waals surface area contributed by atoms with Gasteiger partial charge < -0.3 is 4.98 Å². The topological polar surface area (TPSA) is 76.0 Å². The van der Waals surface area contributed by atoms with Crippen LogP contribution in [0.3, 0.4) is 0 Å². The Morgan fingerprint density at radius 2 is 2.33 bits per heavy atom. The zero-order valence-electron chi connectivity index (χ0n) is 7.84. The fourth-order valence-corrected chi connectivity index (χ4v) is 1.15. The standard InChI is InChI=1S/C9H10N2O3S/c12-9-7(3-1-2-4-15)5-8(6-10-9)11(13)14/h1,3,5-6,15H,2,4H2,(H,10,12).